The first kappa shape index (κ1) is 13.8. The lowest BCUT2D eigenvalue weighted by molar-refractivity contribution is -0.123. The molecule has 0 saturated carbocycles. The van der Waals surface area contributed by atoms with Crippen molar-refractivity contribution in [3.63, 3.8) is 0 Å². The van der Waals surface area contributed by atoms with E-state index in [9.17, 15) is 4.79 Å². The van der Waals surface area contributed by atoms with Crippen LogP contribution in [0.4, 0.5) is 0 Å². The Labute approximate surface area is 114 Å². The van der Waals surface area contributed by atoms with Crippen LogP contribution in [0.25, 0.3) is 10.8 Å². The highest BCUT2D eigenvalue weighted by Gasteiger charge is 2.19. The largest absolute Gasteiger partial charge is 0.310 e. The fraction of sp³-hybridized carbons (Fsp3) is 0.353. The highest BCUT2D eigenvalue weighted by Crippen LogP contribution is 2.17. The molecule has 0 heterocycles. The molecule has 19 heavy (non-hydrogen) atoms. The lowest BCUT2D eigenvalue weighted by Crippen LogP contribution is -2.38. The Morgan fingerprint density at radius 3 is 2.42 bits per heavy atom. The van der Waals surface area contributed by atoms with Crippen LogP contribution in [0.1, 0.15) is 19.4 Å². The van der Waals surface area contributed by atoms with Gasteiger partial charge in [-0.15, -0.1) is 0 Å². The molecule has 0 amide bonds. The third-order valence-corrected chi connectivity index (χ3v) is 3.51. The van der Waals surface area contributed by atoms with Crippen molar-refractivity contribution in [2.24, 2.45) is 5.92 Å². The summed E-state index contributed by atoms with van der Waals surface area (Å²) in [6, 6.07) is 14.6. The number of fused-ring (bicyclic) bond motifs is 1. The van der Waals surface area contributed by atoms with Gasteiger partial charge in [-0.2, -0.15) is 0 Å². The van der Waals surface area contributed by atoms with Crippen LogP contribution in [0.2, 0.25) is 0 Å². The first-order valence-corrected chi connectivity index (χ1v) is 6.80. The zero-order valence-electron chi connectivity index (χ0n) is 11.8. The van der Waals surface area contributed by atoms with Crippen molar-refractivity contribution in [3.8, 4) is 0 Å². The topological polar surface area (TPSA) is 29.1 Å². The maximum absolute atomic E-state index is 12.1. The van der Waals surface area contributed by atoms with Crippen LogP contribution < -0.4 is 5.32 Å². The maximum Gasteiger partial charge on any atom is 0.152 e. The van der Waals surface area contributed by atoms with Gasteiger partial charge in [-0.3, -0.25) is 4.79 Å². The number of nitrogens with one attached hydrogen (secondary N) is 1. The molecule has 1 atom stereocenters. The van der Waals surface area contributed by atoms with Gasteiger partial charge in [0.05, 0.1) is 6.04 Å². The van der Waals surface area contributed by atoms with Gasteiger partial charge in [-0.05, 0) is 29.8 Å². The van der Waals surface area contributed by atoms with E-state index in [1.165, 1.54) is 16.3 Å². The second-order valence-electron chi connectivity index (χ2n) is 5.28. The van der Waals surface area contributed by atoms with Crippen molar-refractivity contribution < 1.29 is 4.79 Å². The summed E-state index contributed by atoms with van der Waals surface area (Å²) >= 11 is 0. The molecule has 0 aromatic heterocycles. The lowest BCUT2D eigenvalue weighted by atomic mass is 9.95. The van der Waals surface area contributed by atoms with E-state index < -0.39 is 0 Å². The van der Waals surface area contributed by atoms with Gasteiger partial charge in [-0.25, -0.2) is 0 Å². The summed E-state index contributed by atoms with van der Waals surface area (Å²) in [6.07, 6.45) is 0.748. The summed E-state index contributed by atoms with van der Waals surface area (Å²) in [5.41, 5.74) is 1.20. The number of Topliss-reactive ketones (excluding diaryl/α,β-unsaturated/α-hetero) is 1. The molecule has 0 aliphatic carbocycles. The molecule has 2 rings (SSSR count). The number of ketones is 1. The van der Waals surface area contributed by atoms with Gasteiger partial charge in [0, 0.05) is 5.92 Å². The van der Waals surface area contributed by atoms with E-state index in [1.807, 2.05) is 33.0 Å². The minimum absolute atomic E-state index is 0.0675. The molecule has 1 unspecified atom stereocenters. The highest BCUT2D eigenvalue weighted by molar-refractivity contribution is 5.86. The van der Waals surface area contributed by atoms with Gasteiger partial charge in [0.25, 0.3) is 0 Å². The third-order valence-electron chi connectivity index (χ3n) is 3.51. The first-order chi connectivity index (χ1) is 9.11. The van der Waals surface area contributed by atoms with Crippen LogP contribution in [0, 0.1) is 5.92 Å². The molecule has 1 N–H and O–H groups in total. The number of likely N-dealkylation sites (N-methyl/N-ethyl adjacent to an activating group) is 1. The molecular formula is C17H21NO. The van der Waals surface area contributed by atoms with Gasteiger partial charge < -0.3 is 5.32 Å². The number of hydrogen-bond donors (Lipinski definition) is 1. The van der Waals surface area contributed by atoms with Crippen LogP contribution in [0.5, 0.6) is 0 Å². The number of rotatable bonds is 5. The molecule has 0 bridgehead atoms. The SMILES string of the molecule is CNC(Cc1ccc2ccccc2c1)C(=O)C(C)C. The summed E-state index contributed by atoms with van der Waals surface area (Å²) in [6.45, 7) is 3.90. The fourth-order valence-electron chi connectivity index (χ4n) is 2.35. The smallest absolute Gasteiger partial charge is 0.152 e. The Kier molecular flexibility index (Phi) is 4.33. The minimum Gasteiger partial charge on any atom is -0.310 e. The molecule has 2 nitrogen and oxygen atoms in total. The van der Waals surface area contributed by atoms with Crippen LogP contribution in [-0.4, -0.2) is 18.9 Å². The average molecular weight is 255 g/mol. The van der Waals surface area contributed by atoms with Gasteiger partial charge in [-0.1, -0.05) is 56.3 Å². The van der Waals surface area contributed by atoms with E-state index in [4.69, 9.17) is 0 Å². The van der Waals surface area contributed by atoms with Crippen molar-refractivity contribution >= 4 is 16.6 Å². The summed E-state index contributed by atoms with van der Waals surface area (Å²) < 4.78 is 0. The van der Waals surface area contributed by atoms with Crippen LogP contribution in [-0.2, 0) is 11.2 Å². The quantitative estimate of drug-likeness (QED) is 0.889. The Morgan fingerprint density at radius 2 is 1.79 bits per heavy atom. The highest BCUT2D eigenvalue weighted by atomic mass is 16.1. The molecule has 0 spiro atoms. The predicted octanol–water partition coefficient (Wildman–Crippen LogP) is 3.20. The summed E-state index contributed by atoms with van der Waals surface area (Å²) in [4.78, 5) is 12.1. The van der Waals surface area contributed by atoms with Gasteiger partial charge >= 0.3 is 0 Å². The van der Waals surface area contributed by atoms with Crippen molar-refractivity contribution in [1.82, 2.24) is 5.32 Å². The van der Waals surface area contributed by atoms with E-state index >= 15 is 0 Å². The lowest BCUT2D eigenvalue weighted by Gasteiger charge is -2.17. The van der Waals surface area contributed by atoms with Crippen LogP contribution in [0.3, 0.4) is 0 Å². The Balaban J connectivity index is 2.22. The molecule has 0 fully saturated rings. The van der Waals surface area contributed by atoms with Crippen molar-refractivity contribution in [2.45, 2.75) is 26.3 Å². The van der Waals surface area contributed by atoms with Gasteiger partial charge in [0.1, 0.15) is 0 Å². The van der Waals surface area contributed by atoms with Crippen molar-refractivity contribution in [1.29, 1.82) is 0 Å². The standard InChI is InChI=1S/C17H21NO/c1-12(2)17(19)16(18-3)11-13-8-9-14-6-4-5-7-15(14)10-13/h4-10,12,16,18H,11H2,1-3H3. The van der Waals surface area contributed by atoms with Crippen molar-refractivity contribution in [2.75, 3.05) is 7.05 Å². The second kappa shape index (κ2) is 5.98. The molecule has 2 aromatic carbocycles. The number of carbonyl (C=O) groups excluding carboxylic acids is 1. The monoisotopic (exact) mass is 255 g/mol. The number of carbonyl (C=O) groups is 1. The van der Waals surface area contributed by atoms with E-state index in [-0.39, 0.29) is 17.7 Å². The van der Waals surface area contributed by atoms with E-state index in [1.54, 1.807) is 0 Å². The Bertz CT molecular complexity index is 574. The normalized spacial score (nSPS) is 12.8. The average Bonchev–Trinajstić information content (AvgIpc) is 2.43. The zero-order valence-corrected chi connectivity index (χ0v) is 11.8. The van der Waals surface area contributed by atoms with Crippen LogP contribution in [0.15, 0.2) is 42.5 Å². The number of benzene rings is 2. The van der Waals surface area contributed by atoms with Gasteiger partial charge in [0.15, 0.2) is 5.78 Å². The van der Waals surface area contributed by atoms with Crippen molar-refractivity contribution in [3.05, 3.63) is 48.0 Å². The van der Waals surface area contributed by atoms with E-state index in [0.29, 0.717) is 0 Å². The zero-order chi connectivity index (χ0) is 13.8. The Hall–Kier alpha value is -1.67. The second-order valence-corrected chi connectivity index (χ2v) is 5.28. The summed E-state index contributed by atoms with van der Waals surface area (Å²) in [5, 5.41) is 5.60. The molecule has 0 aliphatic heterocycles. The van der Waals surface area contributed by atoms with Gasteiger partial charge in [0.2, 0.25) is 0 Å². The van der Waals surface area contributed by atoms with E-state index in [2.05, 4.69) is 35.6 Å². The molecule has 2 heteroatoms. The molecule has 0 aliphatic rings. The number of hydrogen-bond acceptors (Lipinski definition) is 2. The molecule has 100 valence electrons. The Morgan fingerprint density at radius 1 is 1.11 bits per heavy atom. The third kappa shape index (κ3) is 3.21. The summed E-state index contributed by atoms with van der Waals surface area (Å²) in [7, 11) is 1.85. The predicted molar refractivity (Wildman–Crippen MR) is 80.3 cm³/mol. The molecule has 2 aromatic rings. The molecule has 0 radical (unpaired) electrons. The molecule has 0 saturated heterocycles. The minimum atomic E-state index is -0.0961. The first-order valence-electron chi connectivity index (χ1n) is 6.80. The molecular weight excluding hydrogens is 234 g/mol. The van der Waals surface area contributed by atoms with Crippen LogP contribution >= 0.6 is 0 Å². The maximum atomic E-state index is 12.1. The van der Waals surface area contributed by atoms with E-state index in [0.717, 1.165) is 6.42 Å². The summed E-state index contributed by atoms with van der Waals surface area (Å²) in [5.74, 6) is 0.341. The fourth-order valence-corrected chi connectivity index (χ4v) is 2.35.